The normalized spacial score (nSPS) is 13.7. The van der Waals surface area contributed by atoms with E-state index < -0.39 is 61.5 Å². The van der Waals surface area contributed by atoms with E-state index in [1.165, 1.54) is 50.2 Å². The van der Waals surface area contributed by atoms with Gasteiger partial charge in [0, 0.05) is 158 Å². The minimum absolute atomic E-state index is 0.0462. The molecule has 0 aliphatic rings. The summed E-state index contributed by atoms with van der Waals surface area (Å²) >= 11 is 0. The molecule has 126 heavy (non-hydrogen) atoms. The lowest BCUT2D eigenvalue weighted by molar-refractivity contribution is -0.660. The monoisotopic (exact) mass is 1680 g/mol. The molecule has 0 N–H and O–H groups in total. The van der Waals surface area contributed by atoms with E-state index in [0.29, 0.717) is 67.1 Å². The molecule has 8 aromatic carbocycles. The third kappa shape index (κ3) is 16.1. The average molecular weight is 1690 g/mol. The third-order valence-corrected chi connectivity index (χ3v) is 23.4. The number of aromatic nitrogens is 8. The van der Waals surface area contributed by atoms with Crippen LogP contribution in [0.15, 0.2) is 285 Å². The Kier molecular flexibility index (Phi) is 18.7. The molecule has 0 spiro atoms. The Bertz CT molecular complexity index is 8160. The van der Waals surface area contributed by atoms with Gasteiger partial charge in [0.1, 0.15) is 51.5 Å². The molecule has 20 aromatic rings. The molecule has 20 rings (SSSR count). The van der Waals surface area contributed by atoms with Crippen molar-refractivity contribution in [3.05, 3.63) is 336 Å². The Labute approximate surface area is 747 Å². The van der Waals surface area contributed by atoms with Crippen molar-refractivity contribution in [1.29, 1.82) is 0 Å². The van der Waals surface area contributed by atoms with E-state index in [9.17, 15) is 17.6 Å². The molecular weight excluding hydrogens is 1570 g/mol. The molecule has 0 bridgehead atoms. The number of hydrogen-bond acceptors (Lipinski definition) is 8. The maximum Gasteiger partial charge on any atom is 0.227 e. The first kappa shape index (κ1) is 70.3. The van der Waals surface area contributed by atoms with Crippen molar-refractivity contribution in [2.45, 2.75) is 119 Å². The molecule has 12 nitrogen and oxygen atoms in total. The topological polar surface area (TPSA) is 120 Å². The van der Waals surface area contributed by atoms with Crippen molar-refractivity contribution in [3.8, 4) is 89.5 Å². The van der Waals surface area contributed by atoms with Crippen LogP contribution in [0.5, 0.6) is 0 Å². The number of nitrogens with zero attached hydrogens (tertiary/aromatic N) is 8. The average Bonchev–Trinajstić information content (AvgIpc) is 1.52. The number of furan rings is 4. The molecule has 0 aliphatic heterocycles. The highest BCUT2D eigenvalue weighted by atomic mass is 19.1. The van der Waals surface area contributed by atoms with Crippen LogP contribution in [-0.2, 0) is 39.0 Å². The molecule has 0 saturated carbocycles. The van der Waals surface area contributed by atoms with E-state index in [4.69, 9.17) is 44.1 Å². The predicted octanol–water partition coefficient (Wildman–Crippen LogP) is 27.2. The van der Waals surface area contributed by atoms with E-state index in [-0.39, 0.29) is 28.7 Å². The molecule has 0 unspecified atom stereocenters. The number of pyridine rings is 8. The quantitative estimate of drug-likeness (QED) is 0.0981. The van der Waals surface area contributed by atoms with Gasteiger partial charge in [-0.05, 0) is 169 Å². The zero-order valence-corrected chi connectivity index (χ0v) is 72.3. The highest BCUT2D eigenvalue weighted by Crippen LogP contribution is 2.45. The van der Waals surface area contributed by atoms with E-state index in [1.807, 2.05) is 203 Å². The molecule has 0 radical (unpaired) electrons. The zero-order valence-electron chi connectivity index (χ0n) is 84.3. The van der Waals surface area contributed by atoms with Crippen LogP contribution in [-0.4, -0.2) is 19.9 Å². The highest BCUT2D eigenvalue weighted by molar-refractivity contribution is 6.13. The summed E-state index contributed by atoms with van der Waals surface area (Å²) in [4.78, 5) is 18.4. The maximum atomic E-state index is 14.8. The van der Waals surface area contributed by atoms with Gasteiger partial charge in [-0.2, -0.15) is 0 Å². The summed E-state index contributed by atoms with van der Waals surface area (Å²) in [6, 6.07) is 74.0. The molecule has 16 heteroatoms. The van der Waals surface area contributed by atoms with Crippen molar-refractivity contribution in [1.82, 2.24) is 19.9 Å². The van der Waals surface area contributed by atoms with Crippen molar-refractivity contribution < 1.29 is 69.9 Å². The van der Waals surface area contributed by atoms with Crippen molar-refractivity contribution in [2.75, 3.05) is 0 Å². The van der Waals surface area contributed by atoms with Crippen LogP contribution in [0.3, 0.4) is 0 Å². The van der Waals surface area contributed by atoms with Crippen LogP contribution in [0, 0.1) is 51.0 Å². The van der Waals surface area contributed by atoms with Crippen molar-refractivity contribution in [3.63, 3.8) is 0 Å². The Hall–Kier alpha value is -14.1. The summed E-state index contributed by atoms with van der Waals surface area (Å²) in [5.41, 5.74) is 19.4. The van der Waals surface area contributed by atoms with Gasteiger partial charge in [-0.25, -0.2) is 55.8 Å². The lowest BCUT2D eigenvalue weighted by Gasteiger charge is -2.16. The number of hydrogen-bond donors (Lipinski definition) is 0. The van der Waals surface area contributed by atoms with Crippen LogP contribution in [0.1, 0.15) is 142 Å². The molecule has 628 valence electrons. The van der Waals surface area contributed by atoms with Crippen LogP contribution < -0.4 is 18.3 Å². The van der Waals surface area contributed by atoms with Gasteiger partial charge in [-0.1, -0.05) is 178 Å². The van der Waals surface area contributed by atoms with Gasteiger partial charge in [0.25, 0.3) is 0 Å². The minimum atomic E-state index is -2.79. The summed E-state index contributed by atoms with van der Waals surface area (Å²) in [5.74, 6) is -1.80. The smallest absolute Gasteiger partial charge is 0.227 e. The summed E-state index contributed by atoms with van der Waals surface area (Å²) in [7, 11) is 7.81. The highest BCUT2D eigenvalue weighted by Gasteiger charge is 2.31. The lowest BCUT2D eigenvalue weighted by atomic mass is 9.91. The largest absolute Gasteiger partial charge is 0.437 e. The summed E-state index contributed by atoms with van der Waals surface area (Å²) in [5, 5.41) is 6.89. The van der Waals surface area contributed by atoms with Crippen molar-refractivity contribution in [2.24, 2.45) is 28.2 Å². The molecule has 0 fully saturated rings. The van der Waals surface area contributed by atoms with E-state index in [1.54, 1.807) is 12.1 Å². The Morgan fingerprint density at radius 1 is 0.317 bits per heavy atom. The number of fused-ring (bicyclic) bond motifs is 12. The fourth-order valence-electron chi connectivity index (χ4n) is 16.6. The first-order chi connectivity index (χ1) is 65.3. The fourth-order valence-corrected chi connectivity index (χ4v) is 16.6. The Morgan fingerprint density at radius 2 is 0.706 bits per heavy atom. The summed E-state index contributed by atoms with van der Waals surface area (Å²) in [6.45, 7) is 7.72. The van der Waals surface area contributed by atoms with Gasteiger partial charge in [0.15, 0.2) is 47.1 Å². The first-order valence-corrected chi connectivity index (χ1v) is 41.7. The second-order valence-corrected chi connectivity index (χ2v) is 33.4. The lowest BCUT2D eigenvalue weighted by Crippen LogP contribution is -2.31. The standard InChI is InChI=1S/2C28H27N2O.2C27H23F2N2O/c1-18-11-13-21-22-14-16-24(28(2,3)4)29-27(22)31-26(21)25(18)23-15-12-20(17-30(23)5)19-9-7-6-8-10-19;1-18-11-12-21-22-13-14-24(28(2,3)4)29-27(22)31-26(21)25(18)23-17-20(15-16-30(23)5)19-9-7-6-8-10-19;1-15(2)23-10-9-21-20-7-5-16(3)25(26(20)32-27(21)30-23)24-13-17(11-12-31(24)4)19-8-6-18(28)14-22(19)29;1-15(2)23-12-11-21-20-9-7-16(3)24(26(20)32-27(21)30-23)25-19(6-5-13-31(25)4)18-10-8-17(28)14-22(18)29/h2*6-17H,1-5H3;2*5-15H,1-4H3/q4*+1/i2*2D3,3D3;;. The van der Waals surface area contributed by atoms with Gasteiger partial charge in [0.05, 0.1) is 27.8 Å². The van der Waals surface area contributed by atoms with Crippen LogP contribution >= 0.6 is 0 Å². The van der Waals surface area contributed by atoms with Crippen LogP contribution in [0.2, 0.25) is 0 Å². The van der Waals surface area contributed by atoms with E-state index in [0.717, 1.165) is 151 Å². The SMILES string of the molecule is Cc1ccc2c(oc3nc(C(C)C)ccc32)c1-c1c(-c2ccc(F)cc2F)ccc[n+]1C.Cc1ccc2c(oc3nc(C(C)C)ccc32)c1-c1cc(-c2ccc(F)cc2F)cc[n+]1C.[2H]C([2H])([2H])C(C)(c1ccc2c(n1)oc1c(-c3cc(-c4ccccc4)cc[n+]3C)c(C)ccc12)C([2H])([2H])[2H].[2H]C([2H])([2H])C(C)(c1ccc2c(n1)oc1c(-c3ccc(-c4ccccc4)c[n+]3C)c(C)ccc12)C([2H])([2H])[2H]. The van der Waals surface area contributed by atoms with Gasteiger partial charge in [-0.3, -0.25) is 0 Å². The molecule has 0 saturated heterocycles. The second-order valence-electron chi connectivity index (χ2n) is 33.4. The summed E-state index contributed by atoms with van der Waals surface area (Å²) in [6.07, 6.45) is 7.87. The van der Waals surface area contributed by atoms with Gasteiger partial charge in [-0.15, -0.1) is 0 Å². The van der Waals surface area contributed by atoms with Crippen LogP contribution in [0.4, 0.5) is 17.6 Å². The first-order valence-electron chi connectivity index (χ1n) is 47.7. The summed E-state index contributed by atoms with van der Waals surface area (Å²) < 4.78 is 185. The molecule has 0 aliphatic carbocycles. The third-order valence-electron chi connectivity index (χ3n) is 23.4. The van der Waals surface area contributed by atoms with E-state index >= 15 is 0 Å². The predicted molar refractivity (Wildman–Crippen MR) is 499 cm³/mol. The molecule has 0 atom stereocenters. The number of rotatable bonds is 10. The maximum absolute atomic E-state index is 14.8. The minimum Gasteiger partial charge on any atom is -0.437 e. The van der Waals surface area contributed by atoms with Crippen LogP contribution in [0.25, 0.3) is 178 Å². The second kappa shape index (κ2) is 33.5. The number of halogens is 4. The van der Waals surface area contributed by atoms with E-state index in [2.05, 4.69) is 115 Å². The number of benzene rings is 8. The Morgan fingerprint density at radius 3 is 1.14 bits per heavy atom. The molecule has 12 aromatic heterocycles. The molecular formula is C110H100F4N8O4+4. The van der Waals surface area contributed by atoms with Gasteiger partial charge < -0.3 is 17.7 Å². The Balaban J connectivity index is 0.000000128. The zero-order chi connectivity index (χ0) is 98.6. The fraction of sp³-hybridized carbons (Fsp3) is 0.200. The molecule has 12 heterocycles. The number of aryl methyl sites for hydroxylation is 8. The van der Waals surface area contributed by atoms with Gasteiger partial charge in [0.2, 0.25) is 45.6 Å². The van der Waals surface area contributed by atoms with Gasteiger partial charge >= 0.3 is 0 Å². The van der Waals surface area contributed by atoms with Crippen molar-refractivity contribution >= 4 is 88.3 Å². The molecule has 0 amide bonds.